The number of nitrogens with zero attached hydrogens (tertiary/aromatic N) is 1. The van der Waals surface area contributed by atoms with Gasteiger partial charge in [-0.2, -0.15) is 0 Å². The van der Waals surface area contributed by atoms with Crippen molar-refractivity contribution in [1.29, 1.82) is 0 Å². The number of hydrogen-bond donors (Lipinski definition) is 2. The first-order valence-corrected chi connectivity index (χ1v) is 8.04. The summed E-state index contributed by atoms with van der Waals surface area (Å²) in [7, 11) is 3.38. The zero-order valence-electron chi connectivity index (χ0n) is 14.6. The van der Waals surface area contributed by atoms with Gasteiger partial charge < -0.3 is 15.4 Å². The van der Waals surface area contributed by atoms with Gasteiger partial charge in [0, 0.05) is 25.7 Å². The summed E-state index contributed by atoms with van der Waals surface area (Å²) in [5.74, 6) is 1.34. The summed E-state index contributed by atoms with van der Waals surface area (Å²) >= 11 is 0. The second kappa shape index (κ2) is 11.7. The Bertz CT molecular complexity index is 679. The molecule has 0 spiro atoms. The predicted octanol–water partition coefficient (Wildman–Crippen LogP) is 3.75. The van der Waals surface area contributed by atoms with Crippen molar-refractivity contribution in [3.63, 3.8) is 0 Å². The van der Waals surface area contributed by atoms with Gasteiger partial charge in [0.2, 0.25) is 0 Å². The topological polar surface area (TPSA) is 45.7 Å². The highest BCUT2D eigenvalue weighted by Gasteiger charge is 2.02. The number of ether oxygens (including phenoxy) is 1. The van der Waals surface area contributed by atoms with Gasteiger partial charge in [-0.3, -0.25) is 4.99 Å². The lowest BCUT2D eigenvalue weighted by Gasteiger charge is -2.12. The molecule has 25 heavy (non-hydrogen) atoms. The summed E-state index contributed by atoms with van der Waals surface area (Å²) in [6.45, 7) is 1.19. The molecule has 0 aliphatic heterocycles. The van der Waals surface area contributed by atoms with Crippen molar-refractivity contribution in [2.45, 2.75) is 19.4 Å². The Balaban J connectivity index is 0.00000312. The number of hydrogen-bond acceptors (Lipinski definition) is 2. The fourth-order valence-electron chi connectivity index (χ4n) is 2.37. The number of aliphatic imine (C=N–C) groups is 1. The van der Waals surface area contributed by atoms with E-state index in [0.717, 1.165) is 25.1 Å². The lowest BCUT2D eigenvalue weighted by molar-refractivity contribution is 0.414. The first-order chi connectivity index (χ1) is 11.7. The third-order valence-electron chi connectivity index (χ3n) is 3.70. The molecule has 0 aromatic heterocycles. The van der Waals surface area contributed by atoms with Gasteiger partial charge in [-0.25, -0.2) is 4.39 Å². The molecule has 0 heterocycles. The number of halogens is 2. The van der Waals surface area contributed by atoms with Crippen LogP contribution in [0.4, 0.5) is 4.39 Å². The van der Waals surface area contributed by atoms with Crippen molar-refractivity contribution in [3.8, 4) is 5.75 Å². The van der Waals surface area contributed by atoms with Gasteiger partial charge in [0.1, 0.15) is 11.6 Å². The molecule has 2 N–H and O–H groups in total. The van der Waals surface area contributed by atoms with Gasteiger partial charge in [0.05, 0.1) is 7.11 Å². The van der Waals surface area contributed by atoms with Crippen LogP contribution in [0.15, 0.2) is 53.5 Å². The van der Waals surface area contributed by atoms with Crippen LogP contribution in [0.3, 0.4) is 0 Å². The van der Waals surface area contributed by atoms with E-state index in [0.29, 0.717) is 18.1 Å². The maximum Gasteiger partial charge on any atom is 0.191 e. The van der Waals surface area contributed by atoms with Crippen LogP contribution < -0.4 is 15.4 Å². The molecule has 0 saturated heterocycles. The molecule has 0 bridgehead atoms. The highest BCUT2D eigenvalue weighted by Crippen LogP contribution is 2.13. The van der Waals surface area contributed by atoms with Crippen molar-refractivity contribution < 1.29 is 9.13 Å². The molecule has 2 aromatic carbocycles. The highest BCUT2D eigenvalue weighted by molar-refractivity contribution is 14.0. The summed E-state index contributed by atoms with van der Waals surface area (Å²) in [6.07, 6.45) is 1.92. The van der Waals surface area contributed by atoms with Crippen LogP contribution in [0.5, 0.6) is 5.75 Å². The van der Waals surface area contributed by atoms with Crippen molar-refractivity contribution >= 4 is 29.9 Å². The van der Waals surface area contributed by atoms with Gasteiger partial charge in [-0.1, -0.05) is 30.3 Å². The van der Waals surface area contributed by atoms with E-state index in [1.807, 2.05) is 24.3 Å². The number of nitrogens with one attached hydrogen (secondary N) is 2. The van der Waals surface area contributed by atoms with Gasteiger partial charge in [-0.15, -0.1) is 24.0 Å². The van der Waals surface area contributed by atoms with E-state index in [2.05, 4.69) is 21.7 Å². The molecule has 0 aliphatic carbocycles. The number of methoxy groups -OCH3 is 1. The first-order valence-electron chi connectivity index (χ1n) is 8.04. The minimum Gasteiger partial charge on any atom is -0.497 e. The molecule has 0 unspecified atom stereocenters. The van der Waals surface area contributed by atoms with E-state index in [4.69, 9.17) is 4.74 Å². The summed E-state index contributed by atoms with van der Waals surface area (Å²) in [6, 6.07) is 14.8. The molecule has 136 valence electrons. The van der Waals surface area contributed by atoms with Gasteiger partial charge in [0.15, 0.2) is 5.96 Å². The Labute approximate surface area is 165 Å². The molecule has 0 fully saturated rings. The number of rotatable bonds is 7. The largest absolute Gasteiger partial charge is 0.497 e. The van der Waals surface area contributed by atoms with Crippen LogP contribution in [0.1, 0.15) is 17.5 Å². The monoisotopic (exact) mass is 457 g/mol. The quantitative estimate of drug-likeness (QED) is 0.288. The SMILES string of the molecule is CN=C(NCCCc1cccc(OC)c1)NCc1ccccc1F.I. The standard InChI is InChI=1S/C19H24FN3O.HI/c1-21-19(23-14-16-9-3-4-11-18(16)20)22-12-6-8-15-7-5-10-17(13-15)24-2;/h3-5,7,9-11,13H,6,8,12,14H2,1-2H3,(H2,21,22,23);1H. The molecule has 0 atom stereocenters. The minimum absolute atomic E-state index is 0. The zero-order valence-corrected chi connectivity index (χ0v) is 16.9. The molecule has 0 amide bonds. The van der Waals surface area contributed by atoms with E-state index in [9.17, 15) is 4.39 Å². The third-order valence-corrected chi connectivity index (χ3v) is 3.70. The molecule has 0 aliphatic rings. The van der Waals surface area contributed by atoms with E-state index in [-0.39, 0.29) is 29.8 Å². The molecule has 4 nitrogen and oxygen atoms in total. The van der Waals surface area contributed by atoms with Crippen molar-refractivity contribution in [2.75, 3.05) is 20.7 Å². The van der Waals surface area contributed by atoms with E-state index in [1.165, 1.54) is 11.6 Å². The maximum absolute atomic E-state index is 13.6. The molecule has 0 saturated carbocycles. The fourth-order valence-corrected chi connectivity index (χ4v) is 2.37. The summed E-state index contributed by atoms with van der Waals surface area (Å²) in [4.78, 5) is 4.16. The average Bonchev–Trinajstić information content (AvgIpc) is 2.62. The summed E-state index contributed by atoms with van der Waals surface area (Å²) in [5, 5.41) is 6.37. The fraction of sp³-hybridized carbons (Fsp3) is 0.316. The molecular weight excluding hydrogens is 432 g/mol. The number of benzene rings is 2. The van der Waals surface area contributed by atoms with Crippen LogP contribution in [-0.2, 0) is 13.0 Å². The lowest BCUT2D eigenvalue weighted by atomic mass is 10.1. The van der Waals surface area contributed by atoms with Crippen molar-refractivity contribution in [3.05, 3.63) is 65.5 Å². The summed E-state index contributed by atoms with van der Waals surface area (Å²) in [5.41, 5.74) is 1.86. The Kier molecular flexibility index (Phi) is 9.91. The zero-order chi connectivity index (χ0) is 17.2. The average molecular weight is 457 g/mol. The molecular formula is C19H25FIN3O. The Morgan fingerprint density at radius 3 is 2.64 bits per heavy atom. The minimum atomic E-state index is -0.210. The van der Waals surface area contributed by atoms with Crippen LogP contribution in [0.25, 0.3) is 0 Å². The van der Waals surface area contributed by atoms with Crippen LogP contribution in [0, 0.1) is 5.82 Å². The van der Waals surface area contributed by atoms with Crippen LogP contribution in [0.2, 0.25) is 0 Å². The Hall–Kier alpha value is -1.83. The van der Waals surface area contributed by atoms with E-state index < -0.39 is 0 Å². The lowest BCUT2D eigenvalue weighted by Crippen LogP contribution is -2.37. The van der Waals surface area contributed by atoms with E-state index in [1.54, 1.807) is 26.3 Å². The molecule has 2 rings (SSSR count). The van der Waals surface area contributed by atoms with Crippen LogP contribution in [-0.4, -0.2) is 26.7 Å². The first kappa shape index (κ1) is 21.2. The maximum atomic E-state index is 13.6. The van der Waals surface area contributed by atoms with Crippen molar-refractivity contribution in [2.24, 2.45) is 4.99 Å². The van der Waals surface area contributed by atoms with Gasteiger partial charge in [0.25, 0.3) is 0 Å². The third kappa shape index (κ3) is 7.29. The molecule has 0 radical (unpaired) electrons. The molecule has 2 aromatic rings. The van der Waals surface area contributed by atoms with Crippen molar-refractivity contribution in [1.82, 2.24) is 10.6 Å². The molecule has 6 heteroatoms. The predicted molar refractivity (Wildman–Crippen MR) is 111 cm³/mol. The second-order valence-corrected chi connectivity index (χ2v) is 5.40. The Morgan fingerprint density at radius 1 is 1.12 bits per heavy atom. The smallest absolute Gasteiger partial charge is 0.191 e. The number of guanidine groups is 1. The van der Waals surface area contributed by atoms with E-state index >= 15 is 0 Å². The number of aryl methyl sites for hydroxylation is 1. The summed E-state index contributed by atoms with van der Waals surface area (Å²) < 4.78 is 18.8. The van der Waals surface area contributed by atoms with Gasteiger partial charge in [-0.05, 0) is 36.6 Å². The normalized spacial score (nSPS) is 10.8. The highest BCUT2D eigenvalue weighted by atomic mass is 127. The second-order valence-electron chi connectivity index (χ2n) is 5.40. The van der Waals surface area contributed by atoms with Crippen LogP contribution >= 0.6 is 24.0 Å². The van der Waals surface area contributed by atoms with Gasteiger partial charge >= 0.3 is 0 Å². The Morgan fingerprint density at radius 2 is 1.92 bits per heavy atom.